The number of carboxylic acid groups (broad SMARTS) is 1. The van der Waals surface area contributed by atoms with Crippen molar-refractivity contribution in [2.24, 2.45) is 11.8 Å². The molecular formula is C27H27N3O4. The first-order valence-corrected chi connectivity index (χ1v) is 11.7. The number of hydrogen-bond donors (Lipinski definition) is 2. The number of carbonyl (C=O) groups excluding carboxylic acids is 1. The Bertz CT molecular complexity index is 1300. The van der Waals surface area contributed by atoms with Crippen molar-refractivity contribution >= 4 is 22.8 Å². The molecule has 7 nitrogen and oxygen atoms in total. The first-order chi connectivity index (χ1) is 16.6. The SMILES string of the molecule is O=C(NCC1CCC(C(=O)O)CC1)c1cc2ccccc2n1Cc1coc(-c2ccccc2)n1. The van der Waals surface area contributed by atoms with E-state index in [0.29, 0.717) is 43.4 Å². The van der Waals surface area contributed by atoms with Crippen LogP contribution in [0.2, 0.25) is 0 Å². The number of rotatable bonds is 7. The summed E-state index contributed by atoms with van der Waals surface area (Å²) in [6.07, 6.45) is 4.63. The van der Waals surface area contributed by atoms with Crippen molar-refractivity contribution in [1.82, 2.24) is 14.9 Å². The number of aromatic nitrogens is 2. The summed E-state index contributed by atoms with van der Waals surface area (Å²) in [4.78, 5) is 29.0. The van der Waals surface area contributed by atoms with Gasteiger partial charge in [-0.2, -0.15) is 0 Å². The van der Waals surface area contributed by atoms with E-state index in [-0.39, 0.29) is 11.8 Å². The van der Waals surface area contributed by atoms with Crippen LogP contribution in [0.15, 0.2) is 71.3 Å². The summed E-state index contributed by atoms with van der Waals surface area (Å²) >= 11 is 0. The van der Waals surface area contributed by atoms with Crippen LogP contribution in [-0.2, 0) is 11.3 Å². The molecule has 0 spiro atoms. The summed E-state index contributed by atoms with van der Waals surface area (Å²) in [6, 6.07) is 19.5. The standard InChI is InChI=1S/C27H27N3O4/c31-25(28-15-18-10-12-20(13-11-18)27(32)33)24-14-21-8-4-5-9-23(21)30(24)16-22-17-34-26(29-22)19-6-2-1-3-7-19/h1-9,14,17-18,20H,10-13,15-16H2,(H,28,31)(H,32,33). The lowest BCUT2D eigenvalue weighted by molar-refractivity contribution is -0.143. The minimum Gasteiger partial charge on any atom is -0.481 e. The number of carboxylic acids is 1. The van der Waals surface area contributed by atoms with E-state index in [1.165, 1.54) is 0 Å². The molecule has 7 heteroatoms. The summed E-state index contributed by atoms with van der Waals surface area (Å²) in [7, 11) is 0. The Balaban J connectivity index is 1.33. The second-order valence-corrected chi connectivity index (χ2v) is 8.95. The van der Waals surface area contributed by atoms with Gasteiger partial charge < -0.3 is 19.4 Å². The van der Waals surface area contributed by atoms with Gasteiger partial charge in [-0.15, -0.1) is 0 Å². The number of nitrogens with zero attached hydrogens (tertiary/aromatic N) is 2. The number of benzene rings is 2. The predicted octanol–water partition coefficient (Wildman–Crippen LogP) is 4.97. The van der Waals surface area contributed by atoms with Crippen molar-refractivity contribution in [1.29, 1.82) is 0 Å². The van der Waals surface area contributed by atoms with E-state index in [4.69, 9.17) is 4.42 Å². The van der Waals surface area contributed by atoms with E-state index in [1.807, 2.05) is 65.2 Å². The molecule has 2 N–H and O–H groups in total. The van der Waals surface area contributed by atoms with Gasteiger partial charge in [0.25, 0.3) is 5.91 Å². The summed E-state index contributed by atoms with van der Waals surface area (Å²) < 4.78 is 7.67. The van der Waals surface area contributed by atoms with Crippen LogP contribution in [-0.4, -0.2) is 33.1 Å². The fourth-order valence-corrected chi connectivity index (χ4v) is 4.76. The third-order valence-electron chi connectivity index (χ3n) is 6.68. The van der Waals surface area contributed by atoms with E-state index < -0.39 is 5.97 Å². The van der Waals surface area contributed by atoms with Gasteiger partial charge in [0, 0.05) is 23.0 Å². The average molecular weight is 458 g/mol. The number of para-hydroxylation sites is 1. The molecule has 2 aromatic heterocycles. The Morgan fingerprint density at radius 3 is 2.53 bits per heavy atom. The van der Waals surface area contributed by atoms with Crippen LogP contribution in [0.3, 0.4) is 0 Å². The van der Waals surface area contributed by atoms with Crippen molar-refractivity contribution < 1.29 is 19.1 Å². The molecule has 2 heterocycles. The second-order valence-electron chi connectivity index (χ2n) is 8.95. The zero-order valence-electron chi connectivity index (χ0n) is 18.8. The second kappa shape index (κ2) is 9.55. The summed E-state index contributed by atoms with van der Waals surface area (Å²) in [5.41, 5.74) is 3.17. The van der Waals surface area contributed by atoms with Gasteiger partial charge in [-0.3, -0.25) is 9.59 Å². The van der Waals surface area contributed by atoms with E-state index >= 15 is 0 Å². The molecule has 4 aromatic rings. The van der Waals surface area contributed by atoms with Gasteiger partial charge in [-0.05, 0) is 55.9 Å². The van der Waals surface area contributed by atoms with Gasteiger partial charge in [-0.1, -0.05) is 36.4 Å². The molecule has 1 saturated carbocycles. The Morgan fingerprint density at radius 1 is 1.03 bits per heavy atom. The maximum atomic E-state index is 13.2. The van der Waals surface area contributed by atoms with Gasteiger partial charge in [0.2, 0.25) is 5.89 Å². The molecular weight excluding hydrogens is 430 g/mol. The Kier molecular flexibility index (Phi) is 6.16. The van der Waals surface area contributed by atoms with Crippen molar-refractivity contribution in [2.75, 3.05) is 6.54 Å². The summed E-state index contributed by atoms with van der Waals surface area (Å²) in [5, 5.41) is 13.3. The molecule has 1 amide bonds. The fraction of sp³-hybridized carbons (Fsp3) is 0.296. The Morgan fingerprint density at radius 2 is 1.76 bits per heavy atom. The number of fused-ring (bicyclic) bond motifs is 1. The predicted molar refractivity (Wildman–Crippen MR) is 128 cm³/mol. The highest BCUT2D eigenvalue weighted by atomic mass is 16.4. The van der Waals surface area contributed by atoms with Crippen molar-refractivity contribution in [3.05, 3.63) is 78.3 Å². The molecule has 1 fully saturated rings. The van der Waals surface area contributed by atoms with Gasteiger partial charge in [-0.25, -0.2) is 4.98 Å². The molecule has 0 atom stereocenters. The lowest BCUT2D eigenvalue weighted by Gasteiger charge is -2.26. The molecule has 5 rings (SSSR count). The zero-order chi connectivity index (χ0) is 23.5. The first kappa shape index (κ1) is 21.9. The van der Waals surface area contributed by atoms with Crippen molar-refractivity contribution in [2.45, 2.75) is 32.2 Å². The minimum atomic E-state index is -0.713. The molecule has 0 saturated heterocycles. The van der Waals surface area contributed by atoms with Crippen LogP contribution in [0.1, 0.15) is 41.9 Å². The Hall–Kier alpha value is -3.87. The van der Waals surface area contributed by atoms with Gasteiger partial charge >= 0.3 is 5.97 Å². The number of amides is 1. The normalized spacial score (nSPS) is 18.1. The van der Waals surface area contributed by atoms with E-state index in [9.17, 15) is 14.7 Å². The van der Waals surface area contributed by atoms with Crippen molar-refractivity contribution in [3.8, 4) is 11.5 Å². The van der Waals surface area contributed by atoms with E-state index in [0.717, 1.165) is 35.0 Å². The number of hydrogen-bond acceptors (Lipinski definition) is 4. The van der Waals surface area contributed by atoms with Crippen molar-refractivity contribution in [3.63, 3.8) is 0 Å². The first-order valence-electron chi connectivity index (χ1n) is 11.7. The van der Waals surface area contributed by atoms with Crippen LogP contribution in [0.5, 0.6) is 0 Å². The zero-order valence-corrected chi connectivity index (χ0v) is 18.8. The third kappa shape index (κ3) is 4.59. The molecule has 1 aliphatic rings. The summed E-state index contributed by atoms with van der Waals surface area (Å²) in [5.74, 6) is -0.243. The van der Waals surface area contributed by atoms with Crippen LogP contribution in [0, 0.1) is 11.8 Å². The lowest BCUT2D eigenvalue weighted by atomic mass is 9.82. The van der Waals surface area contributed by atoms with E-state index in [2.05, 4.69) is 10.3 Å². The molecule has 0 unspecified atom stereocenters. The van der Waals surface area contributed by atoms with Crippen LogP contribution >= 0.6 is 0 Å². The van der Waals surface area contributed by atoms with Crippen LogP contribution < -0.4 is 5.32 Å². The largest absolute Gasteiger partial charge is 0.481 e. The average Bonchev–Trinajstić information content (AvgIpc) is 3.49. The van der Waals surface area contributed by atoms with Gasteiger partial charge in [0.15, 0.2) is 0 Å². The highest BCUT2D eigenvalue weighted by Crippen LogP contribution is 2.29. The number of carbonyl (C=O) groups is 2. The minimum absolute atomic E-state index is 0.136. The smallest absolute Gasteiger partial charge is 0.306 e. The van der Waals surface area contributed by atoms with E-state index in [1.54, 1.807) is 6.26 Å². The monoisotopic (exact) mass is 457 g/mol. The topological polar surface area (TPSA) is 97.4 Å². The molecule has 34 heavy (non-hydrogen) atoms. The van der Waals surface area contributed by atoms with Crippen LogP contribution in [0.25, 0.3) is 22.4 Å². The number of oxazole rings is 1. The van der Waals surface area contributed by atoms with Gasteiger partial charge in [0.1, 0.15) is 12.0 Å². The highest BCUT2D eigenvalue weighted by molar-refractivity contribution is 5.98. The lowest BCUT2D eigenvalue weighted by Crippen LogP contribution is -2.33. The van der Waals surface area contributed by atoms with Crippen LogP contribution in [0.4, 0.5) is 0 Å². The summed E-state index contributed by atoms with van der Waals surface area (Å²) in [6.45, 7) is 0.963. The molecule has 174 valence electrons. The molecule has 0 bridgehead atoms. The number of aliphatic carboxylic acids is 1. The number of nitrogens with one attached hydrogen (secondary N) is 1. The molecule has 2 aromatic carbocycles. The molecule has 1 aliphatic carbocycles. The quantitative estimate of drug-likeness (QED) is 0.409. The highest BCUT2D eigenvalue weighted by Gasteiger charge is 2.26. The fourth-order valence-electron chi connectivity index (χ4n) is 4.76. The molecule has 0 aliphatic heterocycles. The maximum Gasteiger partial charge on any atom is 0.306 e. The molecule has 0 radical (unpaired) electrons. The third-order valence-corrected chi connectivity index (χ3v) is 6.68. The Labute approximate surface area is 197 Å². The maximum absolute atomic E-state index is 13.2. The van der Waals surface area contributed by atoms with Gasteiger partial charge in [0.05, 0.1) is 18.2 Å².